The summed E-state index contributed by atoms with van der Waals surface area (Å²) in [5.41, 5.74) is 6.55. The number of carbonyl (C=O) groups is 2. The lowest BCUT2D eigenvalue weighted by Crippen LogP contribution is -2.30. The van der Waals surface area contributed by atoms with Crippen molar-refractivity contribution in [3.63, 3.8) is 0 Å². The van der Waals surface area contributed by atoms with Crippen LogP contribution in [0.3, 0.4) is 0 Å². The molecule has 8 heteroatoms. The molecule has 0 aromatic heterocycles. The number of carboxylic acid groups (broad SMARTS) is 1. The molecular weight excluding hydrogens is 478 g/mol. The Morgan fingerprint density at radius 1 is 0.917 bits per heavy atom. The van der Waals surface area contributed by atoms with E-state index in [1.807, 2.05) is 30.3 Å². The first kappa shape index (κ1) is 23.1. The number of benzene rings is 4. The number of rotatable bonds is 6. The van der Waals surface area contributed by atoms with Crippen molar-refractivity contribution in [1.29, 1.82) is 0 Å². The fourth-order valence-corrected chi connectivity index (χ4v) is 4.29. The van der Waals surface area contributed by atoms with Crippen LogP contribution >= 0.6 is 11.6 Å². The number of hydrogen-bond acceptors (Lipinski definition) is 5. The smallest absolute Gasteiger partial charge is 0.335 e. The number of amides is 1. The zero-order valence-corrected chi connectivity index (χ0v) is 19.6. The molecule has 178 valence electrons. The van der Waals surface area contributed by atoms with Gasteiger partial charge in [-0.15, -0.1) is 0 Å². The molecule has 36 heavy (non-hydrogen) atoms. The molecule has 3 N–H and O–H groups in total. The number of hydrogen-bond donors (Lipinski definition) is 3. The van der Waals surface area contributed by atoms with Gasteiger partial charge in [0.05, 0.1) is 23.5 Å². The second-order valence-corrected chi connectivity index (χ2v) is 8.63. The quantitative estimate of drug-likeness (QED) is 0.232. The summed E-state index contributed by atoms with van der Waals surface area (Å²) in [5.74, 6) is -1.48. The highest BCUT2D eigenvalue weighted by atomic mass is 35.5. The molecule has 0 radical (unpaired) electrons. The van der Waals surface area contributed by atoms with Gasteiger partial charge in [-0.2, -0.15) is 5.10 Å². The first-order valence-electron chi connectivity index (χ1n) is 11.1. The number of anilines is 2. The third kappa shape index (κ3) is 4.39. The molecule has 0 saturated carbocycles. The van der Waals surface area contributed by atoms with Gasteiger partial charge in [-0.3, -0.25) is 10.2 Å². The van der Waals surface area contributed by atoms with Crippen LogP contribution in [0.2, 0.25) is 5.02 Å². The molecule has 0 unspecified atom stereocenters. The molecular formula is C28H20ClN3O4. The summed E-state index contributed by atoms with van der Waals surface area (Å²) in [4.78, 5) is 26.3. The van der Waals surface area contributed by atoms with Gasteiger partial charge in [0.25, 0.3) is 5.91 Å². The van der Waals surface area contributed by atoms with E-state index in [1.54, 1.807) is 53.4 Å². The molecule has 7 nitrogen and oxygen atoms in total. The fraction of sp³-hybridized carbons (Fsp3) is 0.0357. The van der Waals surface area contributed by atoms with Crippen LogP contribution in [-0.4, -0.2) is 27.8 Å². The minimum absolute atomic E-state index is 0.106. The fourth-order valence-electron chi connectivity index (χ4n) is 4.12. The van der Waals surface area contributed by atoms with Crippen LogP contribution in [0, 0.1) is 0 Å². The van der Waals surface area contributed by atoms with Gasteiger partial charge in [0.1, 0.15) is 5.75 Å². The standard InChI is InChI=1S/C28H20ClN3O4/c29-20-12-13-24-22(15-20)25(27(34)32(24)16-17-6-2-1-3-7-17)31-30-23-11-5-10-21(26(23)33)18-8-4-9-19(14-18)28(35)36/h1-15,30,33H,16H2,(H,35,36)/b31-25-. The zero-order valence-electron chi connectivity index (χ0n) is 18.9. The predicted octanol–water partition coefficient (Wildman–Crippen LogP) is 5.77. The number of fused-ring (bicyclic) bond motifs is 1. The molecule has 1 heterocycles. The highest BCUT2D eigenvalue weighted by molar-refractivity contribution is 6.54. The number of phenols is 1. The highest BCUT2D eigenvalue weighted by Crippen LogP contribution is 2.37. The van der Waals surface area contributed by atoms with Crippen molar-refractivity contribution in [2.24, 2.45) is 5.10 Å². The Labute approximate surface area is 211 Å². The Morgan fingerprint density at radius 2 is 1.69 bits per heavy atom. The lowest BCUT2D eigenvalue weighted by Gasteiger charge is -2.17. The van der Waals surface area contributed by atoms with E-state index < -0.39 is 5.97 Å². The number of nitrogens with one attached hydrogen (secondary N) is 1. The number of carbonyl (C=O) groups excluding carboxylic acids is 1. The van der Waals surface area contributed by atoms with E-state index in [2.05, 4.69) is 10.5 Å². The largest absolute Gasteiger partial charge is 0.505 e. The molecule has 4 aromatic rings. The Bertz CT molecular complexity index is 1520. The first-order valence-corrected chi connectivity index (χ1v) is 11.5. The van der Waals surface area contributed by atoms with Crippen molar-refractivity contribution in [1.82, 2.24) is 0 Å². The Balaban J connectivity index is 1.48. The number of halogens is 1. The summed E-state index contributed by atoms with van der Waals surface area (Å²) < 4.78 is 0. The predicted molar refractivity (Wildman–Crippen MR) is 140 cm³/mol. The van der Waals surface area contributed by atoms with Crippen LogP contribution in [0.5, 0.6) is 5.75 Å². The van der Waals surface area contributed by atoms with E-state index in [4.69, 9.17) is 11.6 Å². The summed E-state index contributed by atoms with van der Waals surface area (Å²) in [7, 11) is 0. The minimum atomic E-state index is -1.06. The van der Waals surface area contributed by atoms with Crippen LogP contribution < -0.4 is 10.3 Å². The van der Waals surface area contributed by atoms with E-state index in [0.717, 1.165) is 5.56 Å². The van der Waals surface area contributed by atoms with Crippen LogP contribution in [0.25, 0.3) is 11.1 Å². The van der Waals surface area contributed by atoms with Gasteiger partial charge in [0.2, 0.25) is 0 Å². The SMILES string of the molecule is O=C(O)c1cccc(-c2cccc(N/N=C3\C(=O)N(Cc4ccccc4)c4ccc(Cl)cc43)c2O)c1. The molecule has 0 spiro atoms. The van der Waals surface area contributed by atoms with Gasteiger partial charge in [-0.05, 0) is 47.5 Å². The maximum atomic E-state index is 13.4. The van der Waals surface area contributed by atoms with E-state index in [-0.39, 0.29) is 28.6 Å². The van der Waals surface area contributed by atoms with Crippen molar-refractivity contribution >= 4 is 40.6 Å². The van der Waals surface area contributed by atoms with E-state index in [0.29, 0.717) is 33.9 Å². The van der Waals surface area contributed by atoms with Crippen molar-refractivity contribution in [2.75, 3.05) is 10.3 Å². The molecule has 0 fully saturated rings. The van der Waals surface area contributed by atoms with Gasteiger partial charge in [0, 0.05) is 16.1 Å². The molecule has 0 aliphatic carbocycles. The van der Waals surface area contributed by atoms with Gasteiger partial charge in [-0.1, -0.05) is 66.2 Å². The number of carboxylic acids is 1. The topological polar surface area (TPSA) is 102 Å². The highest BCUT2D eigenvalue weighted by Gasteiger charge is 2.34. The molecule has 1 aliphatic heterocycles. The summed E-state index contributed by atoms with van der Waals surface area (Å²) >= 11 is 6.22. The number of aromatic carboxylic acids is 1. The van der Waals surface area contributed by atoms with Crippen LogP contribution in [0.1, 0.15) is 21.5 Å². The third-order valence-corrected chi connectivity index (χ3v) is 6.12. The zero-order chi connectivity index (χ0) is 25.2. The number of aromatic hydroxyl groups is 1. The second kappa shape index (κ2) is 9.56. The molecule has 4 aromatic carbocycles. The van der Waals surface area contributed by atoms with Crippen LogP contribution in [-0.2, 0) is 11.3 Å². The minimum Gasteiger partial charge on any atom is -0.505 e. The normalized spacial score (nSPS) is 13.6. The Morgan fingerprint density at radius 3 is 2.47 bits per heavy atom. The number of phenolic OH excluding ortho intramolecular Hbond substituents is 1. The van der Waals surface area contributed by atoms with E-state index in [9.17, 15) is 19.8 Å². The van der Waals surface area contributed by atoms with E-state index >= 15 is 0 Å². The number of hydrazone groups is 1. The van der Waals surface area contributed by atoms with E-state index in [1.165, 1.54) is 12.1 Å². The monoisotopic (exact) mass is 497 g/mol. The maximum Gasteiger partial charge on any atom is 0.335 e. The van der Waals surface area contributed by atoms with Gasteiger partial charge in [-0.25, -0.2) is 4.79 Å². The molecule has 1 amide bonds. The summed E-state index contributed by atoms with van der Waals surface area (Å²) in [6.07, 6.45) is 0. The Hall–Kier alpha value is -4.62. The third-order valence-electron chi connectivity index (χ3n) is 5.88. The average molecular weight is 498 g/mol. The summed E-state index contributed by atoms with van der Waals surface area (Å²) in [6, 6.07) is 26.1. The molecule has 0 saturated heterocycles. The van der Waals surface area contributed by atoms with Crippen LogP contribution in [0.15, 0.2) is 96.1 Å². The van der Waals surface area contributed by atoms with Crippen molar-refractivity contribution in [3.05, 3.63) is 113 Å². The Kier molecular flexibility index (Phi) is 6.14. The maximum absolute atomic E-state index is 13.4. The van der Waals surface area contributed by atoms with Gasteiger partial charge < -0.3 is 15.1 Å². The average Bonchev–Trinajstić information content (AvgIpc) is 3.13. The molecule has 5 rings (SSSR count). The lowest BCUT2D eigenvalue weighted by atomic mass is 10.0. The van der Waals surface area contributed by atoms with Crippen molar-refractivity contribution in [2.45, 2.75) is 6.54 Å². The first-order chi connectivity index (χ1) is 17.4. The molecule has 1 aliphatic rings. The summed E-state index contributed by atoms with van der Waals surface area (Å²) in [5, 5.41) is 25.0. The number of nitrogens with zero attached hydrogens (tertiary/aromatic N) is 2. The summed E-state index contributed by atoms with van der Waals surface area (Å²) in [6.45, 7) is 0.369. The molecule has 0 bridgehead atoms. The second-order valence-electron chi connectivity index (χ2n) is 8.20. The lowest BCUT2D eigenvalue weighted by molar-refractivity contribution is -0.112. The molecule has 0 atom stereocenters. The van der Waals surface area contributed by atoms with Crippen LogP contribution in [0.4, 0.5) is 11.4 Å². The number of para-hydroxylation sites is 1. The van der Waals surface area contributed by atoms with Crippen molar-refractivity contribution < 1.29 is 19.8 Å². The van der Waals surface area contributed by atoms with Gasteiger partial charge in [0.15, 0.2) is 5.71 Å². The van der Waals surface area contributed by atoms with Crippen molar-refractivity contribution in [3.8, 4) is 16.9 Å². The van der Waals surface area contributed by atoms with Gasteiger partial charge >= 0.3 is 5.97 Å².